The molecular formula is C21H19ClN8O2S. The molecule has 168 valence electrons. The maximum absolute atomic E-state index is 12.3. The Labute approximate surface area is 198 Å². The SMILES string of the molecule is COc1c(Nc2cc(NC(=O)C3CC3)ncc2-c2ncc(Cl)s2)cccc1-c1nnn(C)n1. The van der Waals surface area contributed by atoms with Crippen molar-refractivity contribution in [1.29, 1.82) is 0 Å². The second kappa shape index (κ2) is 8.75. The molecule has 1 aliphatic carbocycles. The largest absolute Gasteiger partial charge is 0.494 e. The van der Waals surface area contributed by atoms with Gasteiger partial charge in [0.1, 0.15) is 15.2 Å². The smallest absolute Gasteiger partial charge is 0.228 e. The summed E-state index contributed by atoms with van der Waals surface area (Å²) in [6.07, 6.45) is 5.08. The van der Waals surface area contributed by atoms with E-state index >= 15 is 0 Å². The number of aryl methyl sites for hydroxylation is 1. The number of aromatic nitrogens is 6. The summed E-state index contributed by atoms with van der Waals surface area (Å²) in [6.45, 7) is 0. The van der Waals surface area contributed by atoms with Gasteiger partial charge in [-0.15, -0.1) is 21.5 Å². The number of benzene rings is 1. The van der Waals surface area contributed by atoms with Gasteiger partial charge in [0.15, 0.2) is 5.75 Å². The number of pyridine rings is 1. The summed E-state index contributed by atoms with van der Waals surface area (Å²) in [5.74, 6) is 1.49. The molecule has 1 aliphatic rings. The van der Waals surface area contributed by atoms with Crippen molar-refractivity contribution in [2.75, 3.05) is 17.7 Å². The Balaban J connectivity index is 1.55. The molecule has 0 aliphatic heterocycles. The molecule has 0 unspecified atom stereocenters. The number of amides is 1. The zero-order valence-electron chi connectivity index (χ0n) is 17.7. The first kappa shape index (κ1) is 21.3. The number of methoxy groups -OCH3 is 1. The van der Waals surface area contributed by atoms with Gasteiger partial charge in [0.25, 0.3) is 0 Å². The van der Waals surface area contributed by atoms with Crippen molar-refractivity contribution in [3.63, 3.8) is 0 Å². The third kappa shape index (κ3) is 4.50. The van der Waals surface area contributed by atoms with Crippen molar-refractivity contribution in [3.8, 4) is 27.7 Å². The number of ether oxygens (including phenoxy) is 1. The predicted molar refractivity (Wildman–Crippen MR) is 126 cm³/mol. The number of nitrogens with one attached hydrogen (secondary N) is 2. The highest BCUT2D eigenvalue weighted by Gasteiger charge is 2.30. The molecule has 3 aromatic heterocycles. The Morgan fingerprint density at radius 1 is 1.21 bits per heavy atom. The fraction of sp³-hybridized carbons (Fsp3) is 0.238. The summed E-state index contributed by atoms with van der Waals surface area (Å²) in [7, 11) is 3.28. The number of hydrogen-bond donors (Lipinski definition) is 2. The van der Waals surface area contributed by atoms with E-state index in [0.717, 1.165) is 18.4 Å². The highest BCUT2D eigenvalue weighted by molar-refractivity contribution is 7.18. The number of thiazole rings is 1. The number of carbonyl (C=O) groups is 1. The van der Waals surface area contributed by atoms with Gasteiger partial charge in [0, 0.05) is 18.2 Å². The zero-order chi connectivity index (χ0) is 22.9. The predicted octanol–water partition coefficient (Wildman–Crippen LogP) is 4.15. The number of nitrogens with zero attached hydrogens (tertiary/aromatic N) is 6. The summed E-state index contributed by atoms with van der Waals surface area (Å²) in [5.41, 5.74) is 2.79. The second-order valence-electron chi connectivity index (χ2n) is 7.46. The van der Waals surface area contributed by atoms with Crippen molar-refractivity contribution in [2.24, 2.45) is 13.0 Å². The van der Waals surface area contributed by atoms with E-state index in [-0.39, 0.29) is 11.8 Å². The minimum atomic E-state index is -0.0215. The Hall–Kier alpha value is -3.57. The molecule has 1 saturated carbocycles. The van der Waals surface area contributed by atoms with E-state index in [0.29, 0.717) is 43.7 Å². The second-order valence-corrected chi connectivity index (χ2v) is 9.12. The number of rotatable bonds is 7. The molecule has 0 radical (unpaired) electrons. The maximum atomic E-state index is 12.3. The molecule has 0 atom stereocenters. The molecule has 2 N–H and O–H groups in total. The first-order chi connectivity index (χ1) is 16.0. The van der Waals surface area contributed by atoms with Crippen molar-refractivity contribution in [2.45, 2.75) is 12.8 Å². The number of carbonyl (C=O) groups excluding carboxylic acids is 1. The molecule has 5 rings (SSSR count). The third-order valence-electron chi connectivity index (χ3n) is 5.05. The minimum absolute atomic E-state index is 0.0215. The molecule has 0 saturated heterocycles. The molecule has 33 heavy (non-hydrogen) atoms. The number of halogens is 1. The molecule has 12 heteroatoms. The van der Waals surface area contributed by atoms with E-state index in [1.165, 1.54) is 16.1 Å². The summed E-state index contributed by atoms with van der Waals surface area (Å²) in [4.78, 5) is 22.5. The van der Waals surface area contributed by atoms with Crippen LogP contribution in [0, 0.1) is 5.92 Å². The van der Waals surface area contributed by atoms with Gasteiger partial charge in [-0.1, -0.05) is 17.7 Å². The average Bonchev–Trinajstić information content (AvgIpc) is 3.44. The summed E-state index contributed by atoms with van der Waals surface area (Å²) in [5, 5.41) is 19.3. The third-order valence-corrected chi connectivity index (χ3v) is 6.20. The number of hydrogen-bond acceptors (Lipinski definition) is 9. The van der Waals surface area contributed by atoms with E-state index in [1.807, 2.05) is 18.2 Å². The number of anilines is 3. The minimum Gasteiger partial charge on any atom is -0.494 e. The van der Waals surface area contributed by atoms with Crippen LogP contribution in [0.1, 0.15) is 12.8 Å². The molecule has 0 spiro atoms. The van der Waals surface area contributed by atoms with Gasteiger partial charge in [-0.05, 0) is 30.2 Å². The van der Waals surface area contributed by atoms with E-state index < -0.39 is 0 Å². The van der Waals surface area contributed by atoms with Crippen LogP contribution in [0.5, 0.6) is 5.75 Å². The van der Waals surface area contributed by atoms with Gasteiger partial charge in [-0.25, -0.2) is 9.97 Å². The van der Waals surface area contributed by atoms with Crippen molar-refractivity contribution < 1.29 is 9.53 Å². The number of para-hydroxylation sites is 1. The van der Waals surface area contributed by atoms with Crippen LogP contribution >= 0.6 is 22.9 Å². The van der Waals surface area contributed by atoms with E-state index in [1.54, 1.807) is 32.6 Å². The Morgan fingerprint density at radius 2 is 2.06 bits per heavy atom. The fourth-order valence-corrected chi connectivity index (χ4v) is 4.25. The van der Waals surface area contributed by atoms with E-state index in [2.05, 4.69) is 36.0 Å². The van der Waals surface area contributed by atoms with Gasteiger partial charge in [-0.3, -0.25) is 4.79 Å². The quantitative estimate of drug-likeness (QED) is 0.403. The molecule has 1 aromatic carbocycles. The average molecular weight is 483 g/mol. The van der Waals surface area contributed by atoms with Crippen LogP contribution in [0.2, 0.25) is 4.34 Å². The van der Waals surface area contributed by atoms with Crippen LogP contribution in [0.3, 0.4) is 0 Å². The first-order valence-electron chi connectivity index (χ1n) is 10.1. The van der Waals surface area contributed by atoms with Crippen LogP contribution < -0.4 is 15.4 Å². The Bertz CT molecular complexity index is 1330. The molecule has 1 amide bonds. The zero-order valence-corrected chi connectivity index (χ0v) is 19.3. The Morgan fingerprint density at radius 3 is 2.73 bits per heavy atom. The topological polar surface area (TPSA) is 120 Å². The van der Waals surface area contributed by atoms with Gasteiger partial charge in [-0.2, -0.15) is 4.80 Å². The van der Waals surface area contributed by atoms with E-state index in [4.69, 9.17) is 16.3 Å². The highest BCUT2D eigenvalue weighted by atomic mass is 35.5. The standard InChI is InChI=1S/C21H19ClN8O2S/c1-30-28-19(27-29-30)12-4-3-5-14(18(12)32-2)25-15-8-17(26-20(31)11-6-7-11)23-9-13(15)21-24-10-16(22)33-21/h3-5,8-11H,6-7H2,1-2H3,(H2,23,25,26,31). The summed E-state index contributed by atoms with van der Waals surface area (Å²) in [6, 6.07) is 7.38. The summed E-state index contributed by atoms with van der Waals surface area (Å²) < 4.78 is 6.26. The van der Waals surface area contributed by atoms with Gasteiger partial charge < -0.3 is 15.4 Å². The van der Waals surface area contributed by atoms with E-state index in [9.17, 15) is 4.79 Å². The summed E-state index contributed by atoms with van der Waals surface area (Å²) >= 11 is 7.46. The van der Waals surface area contributed by atoms with Gasteiger partial charge in [0.2, 0.25) is 11.7 Å². The van der Waals surface area contributed by atoms with Crippen LogP contribution in [0.15, 0.2) is 36.7 Å². The van der Waals surface area contributed by atoms with Crippen LogP contribution in [0.25, 0.3) is 22.0 Å². The molecule has 3 heterocycles. The van der Waals surface area contributed by atoms with Crippen molar-refractivity contribution >= 4 is 46.0 Å². The van der Waals surface area contributed by atoms with Crippen LogP contribution in [-0.2, 0) is 11.8 Å². The fourth-order valence-electron chi connectivity index (χ4n) is 3.32. The normalized spacial score (nSPS) is 13.1. The lowest BCUT2D eigenvalue weighted by atomic mass is 10.1. The lowest BCUT2D eigenvalue weighted by molar-refractivity contribution is -0.117. The maximum Gasteiger partial charge on any atom is 0.228 e. The van der Waals surface area contributed by atoms with Gasteiger partial charge >= 0.3 is 0 Å². The molecule has 1 fully saturated rings. The van der Waals surface area contributed by atoms with Gasteiger partial charge in [0.05, 0.1) is 42.9 Å². The number of tetrazole rings is 1. The molecule has 4 aromatic rings. The van der Waals surface area contributed by atoms with Crippen molar-refractivity contribution in [3.05, 3.63) is 41.0 Å². The van der Waals surface area contributed by atoms with Crippen molar-refractivity contribution in [1.82, 2.24) is 30.2 Å². The monoisotopic (exact) mass is 482 g/mol. The first-order valence-corrected chi connectivity index (χ1v) is 11.3. The van der Waals surface area contributed by atoms with Crippen LogP contribution in [-0.4, -0.2) is 43.2 Å². The molecule has 0 bridgehead atoms. The highest BCUT2D eigenvalue weighted by Crippen LogP contribution is 2.40. The molecular weight excluding hydrogens is 464 g/mol. The lowest BCUT2D eigenvalue weighted by Crippen LogP contribution is -2.14. The van der Waals surface area contributed by atoms with Crippen LogP contribution in [0.4, 0.5) is 17.2 Å². The Kier molecular flexibility index (Phi) is 5.65. The molecule has 10 nitrogen and oxygen atoms in total. The lowest BCUT2D eigenvalue weighted by Gasteiger charge is -2.16.